The summed E-state index contributed by atoms with van der Waals surface area (Å²) in [4.78, 5) is 29.2. The lowest BCUT2D eigenvalue weighted by atomic mass is 10.2. The minimum absolute atomic E-state index is 0.0525. The smallest absolute Gasteiger partial charge is 0.267 e. The Balaban J connectivity index is 1.43. The number of hydrogen-bond acceptors (Lipinski definition) is 4. The summed E-state index contributed by atoms with van der Waals surface area (Å²) in [6.07, 6.45) is 2.22. The minimum atomic E-state index is -0.589. The van der Waals surface area contributed by atoms with Crippen LogP contribution in [-0.2, 0) is 4.79 Å². The van der Waals surface area contributed by atoms with Crippen LogP contribution in [0.4, 0.5) is 5.69 Å². The van der Waals surface area contributed by atoms with Gasteiger partial charge in [-0.3, -0.25) is 9.59 Å². The van der Waals surface area contributed by atoms with Gasteiger partial charge >= 0.3 is 0 Å². The van der Waals surface area contributed by atoms with Crippen LogP contribution >= 0.6 is 11.6 Å². The highest BCUT2D eigenvalue weighted by Gasteiger charge is 2.29. The van der Waals surface area contributed by atoms with Crippen molar-refractivity contribution in [3.05, 3.63) is 57.5 Å². The van der Waals surface area contributed by atoms with Gasteiger partial charge in [-0.1, -0.05) is 17.7 Å². The molecule has 142 valence electrons. The highest BCUT2D eigenvalue weighted by Crippen LogP contribution is 2.38. The number of carbonyl (C=O) groups excluding carboxylic acids is 1. The standard InChI is InChI=1S/C20H23ClN4O2/c1-14(25-19(26)8-7-18(22-25)15-5-6-15)20(27)24-11-9-23(10-12-24)17-4-2-3-16(21)13-17/h2-4,7-8,13-15H,5-6,9-12H2,1H3. The predicted molar refractivity (Wildman–Crippen MR) is 105 cm³/mol. The van der Waals surface area contributed by atoms with Crippen molar-refractivity contribution in [2.45, 2.75) is 31.7 Å². The molecule has 2 fully saturated rings. The molecule has 1 saturated carbocycles. The van der Waals surface area contributed by atoms with E-state index >= 15 is 0 Å². The van der Waals surface area contributed by atoms with Crippen LogP contribution < -0.4 is 10.5 Å². The molecule has 7 heteroatoms. The summed E-state index contributed by atoms with van der Waals surface area (Å²) in [7, 11) is 0. The first-order chi connectivity index (χ1) is 13.0. The van der Waals surface area contributed by atoms with Gasteiger partial charge in [-0.2, -0.15) is 5.10 Å². The first kappa shape index (κ1) is 18.0. The lowest BCUT2D eigenvalue weighted by Crippen LogP contribution is -2.51. The molecule has 1 unspecified atom stereocenters. The molecule has 0 bridgehead atoms. The summed E-state index contributed by atoms with van der Waals surface area (Å²) in [5.74, 6) is 0.392. The molecule has 1 aromatic heterocycles. The lowest BCUT2D eigenvalue weighted by molar-refractivity contribution is -0.135. The van der Waals surface area contributed by atoms with Crippen LogP contribution in [0.25, 0.3) is 0 Å². The largest absolute Gasteiger partial charge is 0.368 e. The maximum atomic E-state index is 12.9. The van der Waals surface area contributed by atoms with E-state index in [0.717, 1.165) is 37.3 Å². The molecule has 0 spiro atoms. The van der Waals surface area contributed by atoms with Crippen molar-refractivity contribution in [2.75, 3.05) is 31.1 Å². The van der Waals surface area contributed by atoms with Gasteiger partial charge in [0.2, 0.25) is 5.91 Å². The summed E-state index contributed by atoms with van der Waals surface area (Å²) in [6, 6.07) is 10.5. The Morgan fingerprint density at radius 2 is 1.89 bits per heavy atom. The van der Waals surface area contributed by atoms with Crippen LogP contribution in [0.5, 0.6) is 0 Å². The third-order valence-electron chi connectivity index (χ3n) is 5.33. The predicted octanol–water partition coefficient (Wildman–Crippen LogP) is 2.68. The second kappa shape index (κ2) is 7.35. The van der Waals surface area contributed by atoms with E-state index < -0.39 is 6.04 Å². The van der Waals surface area contributed by atoms with Crippen molar-refractivity contribution in [3.63, 3.8) is 0 Å². The molecule has 0 radical (unpaired) electrons. The Morgan fingerprint density at radius 3 is 2.56 bits per heavy atom. The van der Waals surface area contributed by atoms with Crippen LogP contribution in [0.2, 0.25) is 5.02 Å². The summed E-state index contributed by atoms with van der Waals surface area (Å²) in [5.41, 5.74) is 1.76. The molecule has 1 saturated heterocycles. The Kier molecular flexibility index (Phi) is 4.91. The fraction of sp³-hybridized carbons (Fsp3) is 0.450. The van der Waals surface area contributed by atoms with Gasteiger partial charge in [-0.05, 0) is 44.0 Å². The Hall–Kier alpha value is -2.34. The number of hydrogen-bond donors (Lipinski definition) is 0. The van der Waals surface area contributed by atoms with Crippen LogP contribution in [0, 0.1) is 0 Å². The van der Waals surface area contributed by atoms with Gasteiger partial charge in [0.05, 0.1) is 5.69 Å². The van der Waals surface area contributed by atoms with E-state index in [1.165, 1.54) is 10.7 Å². The first-order valence-electron chi connectivity index (χ1n) is 9.42. The van der Waals surface area contributed by atoms with E-state index in [1.54, 1.807) is 13.0 Å². The quantitative estimate of drug-likeness (QED) is 0.810. The number of halogens is 1. The number of aromatic nitrogens is 2. The van der Waals surface area contributed by atoms with Crippen molar-refractivity contribution in [1.29, 1.82) is 0 Å². The summed E-state index contributed by atoms with van der Waals surface area (Å²) < 4.78 is 1.35. The van der Waals surface area contributed by atoms with Crippen molar-refractivity contribution in [3.8, 4) is 0 Å². The molecular formula is C20H23ClN4O2. The average molecular weight is 387 g/mol. The van der Waals surface area contributed by atoms with Crippen LogP contribution in [0.15, 0.2) is 41.2 Å². The number of rotatable bonds is 4. The molecule has 2 aliphatic rings. The van der Waals surface area contributed by atoms with E-state index in [1.807, 2.05) is 29.2 Å². The molecule has 2 aromatic rings. The Bertz CT molecular complexity index is 901. The third-order valence-corrected chi connectivity index (χ3v) is 5.57. The topological polar surface area (TPSA) is 58.4 Å². The number of nitrogens with zero attached hydrogens (tertiary/aromatic N) is 4. The molecule has 1 amide bonds. The van der Waals surface area contributed by atoms with Gasteiger partial charge in [-0.15, -0.1) is 0 Å². The maximum Gasteiger partial charge on any atom is 0.267 e. The molecule has 0 N–H and O–H groups in total. The second-order valence-electron chi connectivity index (χ2n) is 7.28. The van der Waals surface area contributed by atoms with Gasteiger partial charge in [0, 0.05) is 48.9 Å². The highest BCUT2D eigenvalue weighted by molar-refractivity contribution is 6.30. The first-order valence-corrected chi connectivity index (χ1v) is 9.80. The number of anilines is 1. The van der Waals surface area contributed by atoms with Crippen LogP contribution in [0.3, 0.4) is 0 Å². The third kappa shape index (κ3) is 3.86. The number of carbonyl (C=O) groups is 1. The van der Waals surface area contributed by atoms with E-state index in [-0.39, 0.29) is 11.5 Å². The van der Waals surface area contributed by atoms with Gasteiger partial charge < -0.3 is 9.80 Å². The van der Waals surface area contributed by atoms with E-state index in [9.17, 15) is 9.59 Å². The molecule has 1 aromatic carbocycles. The van der Waals surface area contributed by atoms with Crippen molar-refractivity contribution < 1.29 is 4.79 Å². The van der Waals surface area contributed by atoms with Gasteiger partial charge in [-0.25, -0.2) is 4.68 Å². The SMILES string of the molecule is CC(C(=O)N1CCN(c2cccc(Cl)c2)CC1)n1nc(C2CC2)ccc1=O. The molecule has 1 aliphatic carbocycles. The van der Waals surface area contributed by atoms with Gasteiger partial charge in [0.1, 0.15) is 6.04 Å². The summed E-state index contributed by atoms with van der Waals surface area (Å²) in [6.45, 7) is 4.47. The Morgan fingerprint density at radius 1 is 1.15 bits per heavy atom. The summed E-state index contributed by atoms with van der Waals surface area (Å²) >= 11 is 6.08. The molecule has 6 nitrogen and oxygen atoms in total. The van der Waals surface area contributed by atoms with Gasteiger partial charge in [0.25, 0.3) is 5.56 Å². The summed E-state index contributed by atoms with van der Waals surface area (Å²) in [5, 5.41) is 5.16. The highest BCUT2D eigenvalue weighted by atomic mass is 35.5. The second-order valence-corrected chi connectivity index (χ2v) is 7.72. The monoisotopic (exact) mass is 386 g/mol. The van der Waals surface area contributed by atoms with Crippen LogP contribution in [-0.4, -0.2) is 46.8 Å². The molecule has 4 rings (SSSR count). The van der Waals surface area contributed by atoms with Crippen molar-refractivity contribution in [1.82, 2.24) is 14.7 Å². The zero-order chi connectivity index (χ0) is 19.0. The van der Waals surface area contributed by atoms with E-state index in [4.69, 9.17) is 11.6 Å². The van der Waals surface area contributed by atoms with Crippen molar-refractivity contribution >= 4 is 23.2 Å². The minimum Gasteiger partial charge on any atom is -0.368 e. The lowest BCUT2D eigenvalue weighted by Gasteiger charge is -2.37. The molecule has 2 heterocycles. The normalized spacial score (nSPS) is 18.4. The van der Waals surface area contributed by atoms with Gasteiger partial charge in [0.15, 0.2) is 0 Å². The van der Waals surface area contributed by atoms with Crippen molar-refractivity contribution in [2.24, 2.45) is 0 Å². The molecular weight excluding hydrogens is 364 g/mol. The van der Waals surface area contributed by atoms with Crippen LogP contribution in [0.1, 0.15) is 37.4 Å². The molecule has 27 heavy (non-hydrogen) atoms. The fourth-order valence-electron chi connectivity index (χ4n) is 3.54. The fourth-order valence-corrected chi connectivity index (χ4v) is 3.73. The average Bonchev–Trinajstić information content (AvgIpc) is 3.53. The number of amides is 1. The molecule has 1 atom stereocenters. The van der Waals surface area contributed by atoms with E-state index in [2.05, 4.69) is 10.00 Å². The maximum absolute atomic E-state index is 12.9. The zero-order valence-electron chi connectivity index (χ0n) is 15.3. The van der Waals surface area contributed by atoms with E-state index in [0.29, 0.717) is 24.0 Å². The zero-order valence-corrected chi connectivity index (χ0v) is 16.1. The number of piperazine rings is 1. The Labute approximate surface area is 163 Å². The molecule has 1 aliphatic heterocycles. The number of benzene rings is 1.